The third-order valence-electron chi connectivity index (χ3n) is 3.95. The van der Waals surface area contributed by atoms with E-state index in [0.717, 1.165) is 0 Å². The fourth-order valence-electron chi connectivity index (χ4n) is 2.59. The van der Waals surface area contributed by atoms with Gasteiger partial charge in [-0.2, -0.15) is 0 Å². The zero-order valence-electron chi connectivity index (χ0n) is 13.2. The van der Waals surface area contributed by atoms with Gasteiger partial charge < -0.3 is 15.4 Å². The molecule has 2 unspecified atom stereocenters. The second-order valence-corrected chi connectivity index (χ2v) is 5.50. The lowest BCUT2D eigenvalue weighted by Gasteiger charge is -2.21. The normalized spacial score (nSPS) is 22.1. The van der Waals surface area contributed by atoms with E-state index in [1.54, 1.807) is 40.0 Å². The summed E-state index contributed by atoms with van der Waals surface area (Å²) in [5, 5.41) is 5.60. The molecule has 0 spiro atoms. The molecule has 1 aliphatic rings. The lowest BCUT2D eigenvalue weighted by Crippen LogP contribution is -2.44. The van der Waals surface area contributed by atoms with Crippen molar-refractivity contribution in [3.8, 4) is 0 Å². The molecule has 3 atom stereocenters. The number of esters is 1. The largest absolute Gasteiger partial charge is 0.460 e. The molecule has 0 radical (unpaired) electrons. The van der Waals surface area contributed by atoms with E-state index in [2.05, 4.69) is 10.6 Å². The Morgan fingerprint density at radius 1 is 1.41 bits per heavy atom. The summed E-state index contributed by atoms with van der Waals surface area (Å²) in [7, 11) is 1.66. The van der Waals surface area contributed by atoms with Crippen LogP contribution in [-0.4, -0.2) is 35.6 Å². The Balaban J connectivity index is 2.21. The van der Waals surface area contributed by atoms with Crippen LogP contribution in [0.1, 0.15) is 32.0 Å². The molecule has 2 N–H and O–H groups in total. The molecule has 7 nitrogen and oxygen atoms in total. The number of carbonyl (C=O) groups excluding carboxylic acids is 2. The molecule has 0 saturated carbocycles. The summed E-state index contributed by atoms with van der Waals surface area (Å²) in [5.74, 6) is -0.635. The minimum atomic E-state index is -0.677. The van der Waals surface area contributed by atoms with Crippen LogP contribution < -0.4 is 16.2 Å². The first kappa shape index (κ1) is 16.1. The van der Waals surface area contributed by atoms with Crippen molar-refractivity contribution in [2.45, 2.75) is 45.4 Å². The van der Waals surface area contributed by atoms with Gasteiger partial charge in [-0.25, -0.2) is 0 Å². The molecule has 1 saturated heterocycles. The summed E-state index contributed by atoms with van der Waals surface area (Å²) >= 11 is 0. The van der Waals surface area contributed by atoms with Gasteiger partial charge in [0.15, 0.2) is 0 Å². The molecule has 0 aliphatic carbocycles. The second kappa shape index (κ2) is 6.21. The Hall–Kier alpha value is -2.31. The van der Waals surface area contributed by atoms with E-state index in [1.807, 2.05) is 0 Å². The van der Waals surface area contributed by atoms with Gasteiger partial charge in [0.2, 0.25) is 5.91 Å². The number of hydrogen-bond acceptors (Lipinski definition) is 5. The molecule has 2 rings (SSSR count). The molecular weight excluding hydrogens is 286 g/mol. The molecule has 120 valence electrons. The van der Waals surface area contributed by atoms with Crippen LogP contribution in [0.2, 0.25) is 0 Å². The third kappa shape index (κ3) is 2.98. The smallest absolute Gasteiger partial charge is 0.308 e. The maximum atomic E-state index is 12.4. The highest BCUT2D eigenvalue weighted by Crippen LogP contribution is 2.16. The van der Waals surface area contributed by atoms with Gasteiger partial charge in [0.1, 0.15) is 17.8 Å². The van der Waals surface area contributed by atoms with Crippen molar-refractivity contribution in [1.82, 2.24) is 9.88 Å². The summed E-state index contributed by atoms with van der Waals surface area (Å²) in [6, 6.07) is 2.43. The van der Waals surface area contributed by atoms with Crippen molar-refractivity contribution in [3.63, 3.8) is 0 Å². The monoisotopic (exact) mass is 307 g/mol. The van der Waals surface area contributed by atoms with Crippen LogP contribution in [0, 0.1) is 6.92 Å². The van der Waals surface area contributed by atoms with Gasteiger partial charge in [0.25, 0.3) is 5.56 Å². The predicted octanol–water partition coefficient (Wildman–Crippen LogP) is 0.580. The Labute approximate surface area is 128 Å². The van der Waals surface area contributed by atoms with Crippen LogP contribution in [0.25, 0.3) is 0 Å². The van der Waals surface area contributed by atoms with E-state index in [-0.39, 0.29) is 36.0 Å². The van der Waals surface area contributed by atoms with Crippen LogP contribution in [-0.2, 0) is 14.3 Å². The summed E-state index contributed by atoms with van der Waals surface area (Å²) in [5.41, 5.74) is 0.869. The number of aryl methyl sites for hydroxylation is 1. The molecule has 1 aromatic rings. The van der Waals surface area contributed by atoms with Crippen molar-refractivity contribution in [1.29, 1.82) is 0 Å². The number of nitrogens with zero attached hydrogens (tertiary/aromatic N) is 1. The zero-order chi connectivity index (χ0) is 16.4. The quantitative estimate of drug-likeness (QED) is 0.794. The van der Waals surface area contributed by atoms with Crippen molar-refractivity contribution < 1.29 is 14.3 Å². The number of amides is 1. The van der Waals surface area contributed by atoms with Gasteiger partial charge in [-0.3, -0.25) is 19.0 Å². The van der Waals surface area contributed by atoms with Crippen LogP contribution in [0.5, 0.6) is 0 Å². The molecule has 2 heterocycles. The summed E-state index contributed by atoms with van der Waals surface area (Å²) in [6.45, 7) is 5.17. The Kier molecular flexibility index (Phi) is 4.54. The van der Waals surface area contributed by atoms with Gasteiger partial charge in [-0.1, -0.05) is 0 Å². The van der Waals surface area contributed by atoms with Crippen LogP contribution >= 0.6 is 0 Å². The Bertz CT molecular complexity index is 653. The van der Waals surface area contributed by atoms with Crippen molar-refractivity contribution >= 4 is 17.6 Å². The zero-order valence-corrected chi connectivity index (χ0v) is 13.2. The van der Waals surface area contributed by atoms with Crippen LogP contribution in [0.4, 0.5) is 5.69 Å². The third-order valence-corrected chi connectivity index (χ3v) is 3.95. The van der Waals surface area contributed by atoms with E-state index in [9.17, 15) is 14.4 Å². The topological polar surface area (TPSA) is 89.4 Å². The van der Waals surface area contributed by atoms with Gasteiger partial charge in [0, 0.05) is 12.7 Å². The van der Waals surface area contributed by atoms with E-state index in [0.29, 0.717) is 11.4 Å². The number of carbonyl (C=O) groups is 2. The highest BCUT2D eigenvalue weighted by atomic mass is 16.6. The molecule has 1 aromatic heterocycles. The molecule has 1 amide bonds. The molecule has 1 fully saturated rings. The molecule has 0 bridgehead atoms. The van der Waals surface area contributed by atoms with E-state index < -0.39 is 6.04 Å². The Morgan fingerprint density at radius 2 is 2.09 bits per heavy atom. The summed E-state index contributed by atoms with van der Waals surface area (Å²) < 4.78 is 6.45. The van der Waals surface area contributed by atoms with Crippen molar-refractivity contribution in [2.75, 3.05) is 12.4 Å². The number of hydrogen-bond donors (Lipinski definition) is 2. The van der Waals surface area contributed by atoms with Gasteiger partial charge >= 0.3 is 5.97 Å². The molecular formula is C15H21N3O4. The SMILES string of the molecule is CNc1ccc(C)n(C(C)C(=O)N[C@H]2CC(=O)OC2C)c1=O. The number of rotatable bonds is 4. The lowest BCUT2D eigenvalue weighted by molar-refractivity contribution is -0.141. The maximum absolute atomic E-state index is 12.4. The van der Waals surface area contributed by atoms with Gasteiger partial charge in [0.05, 0.1) is 12.5 Å². The second-order valence-electron chi connectivity index (χ2n) is 5.50. The molecule has 22 heavy (non-hydrogen) atoms. The standard InChI is InChI=1S/C15H21N3O4/c1-8-5-6-11(16-4)15(21)18(8)9(2)14(20)17-12-7-13(19)22-10(12)3/h5-6,9-10,12,16H,7H2,1-4H3,(H,17,20)/t9?,10?,12-/m0/s1. The first-order valence-corrected chi connectivity index (χ1v) is 7.25. The Morgan fingerprint density at radius 3 is 2.64 bits per heavy atom. The van der Waals surface area contributed by atoms with E-state index >= 15 is 0 Å². The first-order valence-electron chi connectivity index (χ1n) is 7.25. The minimum Gasteiger partial charge on any atom is -0.460 e. The van der Waals surface area contributed by atoms with E-state index in [1.165, 1.54) is 4.57 Å². The highest BCUT2D eigenvalue weighted by Gasteiger charge is 2.33. The highest BCUT2D eigenvalue weighted by molar-refractivity contribution is 5.82. The summed E-state index contributed by atoms with van der Waals surface area (Å²) in [6.07, 6.45) is -0.200. The predicted molar refractivity (Wildman–Crippen MR) is 81.8 cm³/mol. The van der Waals surface area contributed by atoms with Crippen molar-refractivity contribution in [2.24, 2.45) is 0 Å². The van der Waals surface area contributed by atoms with Crippen LogP contribution in [0.3, 0.4) is 0 Å². The summed E-state index contributed by atoms with van der Waals surface area (Å²) in [4.78, 5) is 36.0. The van der Waals surface area contributed by atoms with Gasteiger partial charge in [-0.05, 0) is 32.9 Å². The average molecular weight is 307 g/mol. The number of nitrogens with one attached hydrogen (secondary N) is 2. The maximum Gasteiger partial charge on any atom is 0.308 e. The first-order chi connectivity index (χ1) is 10.3. The van der Waals surface area contributed by atoms with Gasteiger partial charge in [-0.15, -0.1) is 0 Å². The number of aromatic nitrogens is 1. The molecule has 0 aromatic carbocycles. The molecule has 7 heteroatoms. The number of anilines is 1. The van der Waals surface area contributed by atoms with E-state index in [4.69, 9.17) is 4.74 Å². The van der Waals surface area contributed by atoms with Crippen molar-refractivity contribution in [3.05, 3.63) is 28.2 Å². The minimum absolute atomic E-state index is 0.157. The fourth-order valence-corrected chi connectivity index (χ4v) is 2.59. The molecule has 1 aliphatic heterocycles. The average Bonchev–Trinajstić information content (AvgIpc) is 2.77. The number of ether oxygens (including phenoxy) is 1. The lowest BCUT2D eigenvalue weighted by atomic mass is 10.1. The number of pyridine rings is 1. The number of cyclic esters (lactones) is 1. The fraction of sp³-hybridized carbons (Fsp3) is 0.533. The van der Waals surface area contributed by atoms with Crippen LogP contribution in [0.15, 0.2) is 16.9 Å².